The highest BCUT2D eigenvalue weighted by molar-refractivity contribution is 7.09. The Morgan fingerprint density at radius 2 is 2.40 bits per heavy atom. The van der Waals surface area contributed by atoms with E-state index in [9.17, 15) is 0 Å². The van der Waals surface area contributed by atoms with Crippen LogP contribution in [0.4, 0.5) is 0 Å². The van der Waals surface area contributed by atoms with Gasteiger partial charge in [0.1, 0.15) is 0 Å². The van der Waals surface area contributed by atoms with Gasteiger partial charge in [0.15, 0.2) is 0 Å². The van der Waals surface area contributed by atoms with E-state index in [0.29, 0.717) is 12.0 Å². The van der Waals surface area contributed by atoms with Crippen molar-refractivity contribution in [2.45, 2.75) is 32.7 Å². The molecular formula is C11H18N2OS. The second-order valence-corrected chi connectivity index (χ2v) is 5.38. The molecule has 0 bridgehead atoms. The zero-order valence-corrected chi connectivity index (χ0v) is 9.94. The molecule has 0 atom stereocenters. The summed E-state index contributed by atoms with van der Waals surface area (Å²) in [5.74, 6) is 0. The van der Waals surface area contributed by atoms with Crippen molar-refractivity contribution in [1.29, 1.82) is 0 Å². The second-order valence-electron chi connectivity index (χ2n) is 4.44. The molecule has 1 heterocycles. The number of nitrogens with one attached hydrogen (secondary N) is 1. The van der Waals surface area contributed by atoms with Gasteiger partial charge in [-0.25, -0.2) is 4.98 Å². The fourth-order valence-electron chi connectivity index (χ4n) is 1.87. The monoisotopic (exact) mass is 226 g/mol. The third kappa shape index (κ3) is 2.77. The number of hydrogen-bond acceptors (Lipinski definition) is 4. The van der Waals surface area contributed by atoms with Gasteiger partial charge in [-0.1, -0.05) is 0 Å². The SMILES string of the molecule is Cc1ncsc1CNCC1(CCO)CC1. The van der Waals surface area contributed by atoms with Gasteiger partial charge in [0.2, 0.25) is 0 Å². The first-order chi connectivity index (χ1) is 7.26. The minimum atomic E-state index is 0.321. The first-order valence-electron chi connectivity index (χ1n) is 5.46. The lowest BCUT2D eigenvalue weighted by Gasteiger charge is -2.13. The summed E-state index contributed by atoms with van der Waals surface area (Å²) in [6, 6.07) is 0. The number of rotatable bonds is 6. The Morgan fingerprint density at radius 1 is 1.60 bits per heavy atom. The van der Waals surface area contributed by atoms with Crippen molar-refractivity contribution < 1.29 is 5.11 Å². The van der Waals surface area contributed by atoms with Gasteiger partial charge in [0, 0.05) is 24.6 Å². The molecule has 3 nitrogen and oxygen atoms in total. The summed E-state index contributed by atoms with van der Waals surface area (Å²) in [6.45, 7) is 4.32. The van der Waals surface area contributed by atoms with Crippen molar-refractivity contribution in [3.63, 3.8) is 0 Å². The molecule has 1 aliphatic carbocycles. The largest absolute Gasteiger partial charge is 0.396 e. The van der Waals surface area contributed by atoms with Gasteiger partial charge < -0.3 is 10.4 Å². The van der Waals surface area contributed by atoms with Crippen LogP contribution in [-0.2, 0) is 6.54 Å². The first kappa shape index (κ1) is 11.0. The smallest absolute Gasteiger partial charge is 0.0798 e. The molecular weight excluding hydrogens is 208 g/mol. The number of aryl methyl sites for hydroxylation is 1. The zero-order chi connectivity index (χ0) is 10.7. The van der Waals surface area contributed by atoms with Crippen LogP contribution in [0.1, 0.15) is 29.8 Å². The lowest BCUT2D eigenvalue weighted by molar-refractivity contribution is 0.245. The molecule has 0 amide bonds. The standard InChI is InChI=1S/C11H18N2OS/c1-9-10(15-8-13-9)6-12-7-11(2-3-11)4-5-14/h8,12,14H,2-7H2,1H3. The zero-order valence-electron chi connectivity index (χ0n) is 9.12. The predicted molar refractivity (Wildman–Crippen MR) is 61.9 cm³/mol. The molecule has 1 saturated carbocycles. The summed E-state index contributed by atoms with van der Waals surface area (Å²) in [4.78, 5) is 5.55. The highest BCUT2D eigenvalue weighted by Gasteiger charge is 2.41. The van der Waals surface area contributed by atoms with Crippen molar-refractivity contribution in [3.8, 4) is 0 Å². The Balaban J connectivity index is 1.73. The maximum Gasteiger partial charge on any atom is 0.0798 e. The van der Waals surface area contributed by atoms with E-state index in [1.54, 1.807) is 11.3 Å². The molecule has 0 saturated heterocycles. The van der Waals surface area contributed by atoms with Crippen LogP contribution >= 0.6 is 11.3 Å². The highest BCUT2D eigenvalue weighted by Crippen LogP contribution is 2.47. The van der Waals surface area contributed by atoms with Gasteiger partial charge >= 0.3 is 0 Å². The van der Waals surface area contributed by atoms with E-state index in [1.165, 1.54) is 17.7 Å². The summed E-state index contributed by atoms with van der Waals surface area (Å²) >= 11 is 1.71. The van der Waals surface area contributed by atoms with E-state index in [4.69, 9.17) is 5.11 Å². The van der Waals surface area contributed by atoms with Gasteiger partial charge in [0.05, 0.1) is 11.2 Å². The molecule has 0 aromatic carbocycles. The highest BCUT2D eigenvalue weighted by atomic mass is 32.1. The van der Waals surface area contributed by atoms with Crippen LogP contribution in [0.25, 0.3) is 0 Å². The molecule has 1 aromatic rings. The fourth-order valence-corrected chi connectivity index (χ4v) is 2.61. The quantitative estimate of drug-likeness (QED) is 0.776. The third-order valence-corrected chi connectivity index (χ3v) is 4.16. The van der Waals surface area contributed by atoms with Crippen LogP contribution in [0.2, 0.25) is 0 Å². The molecule has 0 spiro atoms. The number of thiazole rings is 1. The molecule has 1 aromatic heterocycles. The number of hydrogen-bond donors (Lipinski definition) is 2. The van der Waals surface area contributed by atoms with Crippen LogP contribution in [0.15, 0.2) is 5.51 Å². The molecule has 2 N–H and O–H groups in total. The summed E-state index contributed by atoms with van der Waals surface area (Å²) in [5, 5.41) is 12.4. The van der Waals surface area contributed by atoms with Crippen LogP contribution in [0.3, 0.4) is 0 Å². The van der Waals surface area contributed by atoms with Crippen LogP contribution < -0.4 is 5.32 Å². The maximum atomic E-state index is 8.93. The molecule has 0 radical (unpaired) electrons. The van der Waals surface area contributed by atoms with Crippen LogP contribution in [0.5, 0.6) is 0 Å². The molecule has 1 fully saturated rings. The summed E-state index contributed by atoms with van der Waals surface area (Å²) in [5.41, 5.74) is 3.44. The van der Waals surface area contributed by atoms with Crippen molar-refractivity contribution in [2.75, 3.05) is 13.2 Å². The number of aliphatic hydroxyl groups is 1. The minimum Gasteiger partial charge on any atom is -0.396 e. The van der Waals surface area contributed by atoms with Crippen molar-refractivity contribution >= 4 is 11.3 Å². The summed E-state index contributed by atoms with van der Waals surface area (Å²) in [7, 11) is 0. The Bertz CT molecular complexity index is 320. The van der Waals surface area contributed by atoms with Gasteiger partial charge in [-0.15, -0.1) is 11.3 Å². The Hall–Kier alpha value is -0.450. The van der Waals surface area contributed by atoms with E-state index in [0.717, 1.165) is 25.2 Å². The molecule has 84 valence electrons. The molecule has 1 aliphatic rings. The Morgan fingerprint density at radius 3 is 2.93 bits per heavy atom. The van der Waals surface area contributed by atoms with E-state index < -0.39 is 0 Å². The fraction of sp³-hybridized carbons (Fsp3) is 0.727. The average Bonchev–Trinajstić information content (AvgIpc) is 2.85. The molecule has 2 rings (SSSR count). The third-order valence-electron chi connectivity index (χ3n) is 3.23. The van der Waals surface area contributed by atoms with Crippen molar-refractivity contribution in [3.05, 3.63) is 16.1 Å². The van der Waals surface area contributed by atoms with Crippen molar-refractivity contribution in [2.24, 2.45) is 5.41 Å². The number of nitrogens with zero attached hydrogens (tertiary/aromatic N) is 1. The van der Waals surface area contributed by atoms with Gasteiger partial charge in [-0.2, -0.15) is 0 Å². The molecule has 0 aliphatic heterocycles. The van der Waals surface area contributed by atoms with Crippen molar-refractivity contribution in [1.82, 2.24) is 10.3 Å². The minimum absolute atomic E-state index is 0.321. The van der Waals surface area contributed by atoms with Crippen LogP contribution in [0, 0.1) is 12.3 Å². The molecule has 0 unspecified atom stereocenters. The predicted octanol–water partition coefficient (Wildman–Crippen LogP) is 1.70. The molecule has 4 heteroatoms. The Labute approximate surface area is 94.5 Å². The lowest BCUT2D eigenvalue weighted by Crippen LogP contribution is -2.24. The Kier molecular flexibility index (Phi) is 3.38. The average molecular weight is 226 g/mol. The normalized spacial score (nSPS) is 18.0. The van der Waals surface area contributed by atoms with Crippen LogP contribution in [-0.4, -0.2) is 23.2 Å². The first-order valence-corrected chi connectivity index (χ1v) is 6.34. The number of aliphatic hydroxyl groups excluding tert-OH is 1. The lowest BCUT2D eigenvalue weighted by atomic mass is 10.0. The van der Waals surface area contributed by atoms with Gasteiger partial charge in [0.25, 0.3) is 0 Å². The van der Waals surface area contributed by atoms with E-state index in [1.807, 2.05) is 12.4 Å². The van der Waals surface area contributed by atoms with E-state index >= 15 is 0 Å². The summed E-state index contributed by atoms with van der Waals surface area (Å²) < 4.78 is 0. The topological polar surface area (TPSA) is 45.2 Å². The van der Waals surface area contributed by atoms with Gasteiger partial charge in [-0.3, -0.25) is 0 Å². The summed E-state index contributed by atoms with van der Waals surface area (Å²) in [6.07, 6.45) is 3.48. The van der Waals surface area contributed by atoms with E-state index in [-0.39, 0.29) is 0 Å². The molecule has 15 heavy (non-hydrogen) atoms. The second kappa shape index (κ2) is 4.60. The van der Waals surface area contributed by atoms with E-state index in [2.05, 4.69) is 10.3 Å². The van der Waals surface area contributed by atoms with Gasteiger partial charge in [-0.05, 0) is 31.6 Å². The number of aromatic nitrogens is 1. The maximum absolute atomic E-state index is 8.93.